The van der Waals surface area contributed by atoms with Crippen LogP contribution < -0.4 is 9.80 Å². The molecular formula is C20H26BrN5O7S2. The molecule has 35 heavy (non-hydrogen) atoms. The summed E-state index contributed by atoms with van der Waals surface area (Å²) in [6.07, 6.45) is 2.59. The van der Waals surface area contributed by atoms with Gasteiger partial charge in [0.15, 0.2) is 0 Å². The molecule has 12 nitrogen and oxygen atoms in total. The number of hydrogen-bond acceptors (Lipinski definition) is 10. The van der Waals surface area contributed by atoms with Gasteiger partial charge in [-0.25, -0.2) is 13.4 Å². The molecule has 1 aliphatic heterocycles. The van der Waals surface area contributed by atoms with Crippen molar-refractivity contribution in [1.29, 1.82) is 0 Å². The van der Waals surface area contributed by atoms with Crippen molar-refractivity contribution < 1.29 is 25.9 Å². The number of nitro benzene ring substituents is 1. The van der Waals surface area contributed by atoms with Crippen LogP contribution in [0.3, 0.4) is 0 Å². The molecular weight excluding hydrogens is 566 g/mol. The summed E-state index contributed by atoms with van der Waals surface area (Å²) in [6.45, 7) is 1.35. The third-order valence-corrected chi connectivity index (χ3v) is 8.21. The molecule has 0 atom stereocenters. The summed E-state index contributed by atoms with van der Waals surface area (Å²) in [5.41, 5.74) is -0.120. The standard InChI is InChI=1S/C20H26BrN5O7S2/c1-34(29,30)33-15-14-23(9-7-21)18-6-5-17(26(27)28)16-19(18)35(31,32)25-12-10-24(11-13-25)20-4-2-3-8-22-20/h2-6,8,16H,7,9-15H2,1H3. The maximum absolute atomic E-state index is 13.7. The number of non-ortho nitro benzene ring substituents is 1. The van der Waals surface area contributed by atoms with Crippen molar-refractivity contribution in [2.75, 3.05) is 67.3 Å². The zero-order valence-corrected chi connectivity index (χ0v) is 22.2. The van der Waals surface area contributed by atoms with Gasteiger partial charge in [0.25, 0.3) is 15.8 Å². The normalized spacial score (nSPS) is 15.2. The number of anilines is 2. The molecule has 1 saturated heterocycles. The molecule has 192 valence electrons. The number of sulfonamides is 1. The molecule has 2 heterocycles. The van der Waals surface area contributed by atoms with Crippen molar-refractivity contribution in [2.24, 2.45) is 0 Å². The van der Waals surface area contributed by atoms with Gasteiger partial charge in [-0.3, -0.25) is 14.3 Å². The highest BCUT2D eigenvalue weighted by Crippen LogP contribution is 2.32. The van der Waals surface area contributed by atoms with Crippen molar-refractivity contribution >= 4 is 53.3 Å². The average molecular weight is 592 g/mol. The van der Waals surface area contributed by atoms with Gasteiger partial charge in [-0.2, -0.15) is 12.7 Å². The molecule has 0 saturated carbocycles. The molecule has 0 amide bonds. The molecule has 2 aromatic rings. The second kappa shape index (κ2) is 11.6. The van der Waals surface area contributed by atoms with E-state index in [9.17, 15) is 26.9 Å². The highest BCUT2D eigenvalue weighted by Gasteiger charge is 2.33. The van der Waals surface area contributed by atoms with E-state index >= 15 is 0 Å². The number of halogens is 1. The van der Waals surface area contributed by atoms with Gasteiger partial charge in [0.2, 0.25) is 10.0 Å². The first-order valence-corrected chi connectivity index (χ1v) is 15.0. The van der Waals surface area contributed by atoms with Crippen LogP contribution in [0.15, 0.2) is 47.5 Å². The van der Waals surface area contributed by atoms with E-state index in [4.69, 9.17) is 4.18 Å². The van der Waals surface area contributed by atoms with Crippen molar-refractivity contribution in [3.63, 3.8) is 0 Å². The number of benzene rings is 1. The lowest BCUT2D eigenvalue weighted by Crippen LogP contribution is -2.49. The van der Waals surface area contributed by atoms with E-state index in [-0.39, 0.29) is 42.5 Å². The largest absolute Gasteiger partial charge is 0.367 e. The molecule has 1 aliphatic rings. The van der Waals surface area contributed by atoms with Crippen LogP contribution in [0, 0.1) is 10.1 Å². The summed E-state index contributed by atoms with van der Waals surface area (Å²) in [6, 6.07) is 9.15. The Labute approximate surface area is 212 Å². The van der Waals surface area contributed by atoms with Crippen molar-refractivity contribution in [3.05, 3.63) is 52.7 Å². The Morgan fingerprint density at radius 1 is 1.11 bits per heavy atom. The fourth-order valence-electron chi connectivity index (χ4n) is 3.68. The molecule has 0 unspecified atom stereocenters. The third-order valence-electron chi connectivity index (χ3n) is 5.34. The van der Waals surface area contributed by atoms with Crippen molar-refractivity contribution in [3.8, 4) is 0 Å². The lowest BCUT2D eigenvalue weighted by atomic mass is 10.2. The molecule has 1 aromatic heterocycles. The highest BCUT2D eigenvalue weighted by atomic mass is 79.9. The van der Waals surface area contributed by atoms with Crippen molar-refractivity contribution in [2.45, 2.75) is 4.90 Å². The Hall–Kier alpha value is -2.33. The van der Waals surface area contributed by atoms with Crippen LogP contribution in [0.2, 0.25) is 0 Å². The zero-order chi connectivity index (χ0) is 25.6. The van der Waals surface area contributed by atoms with E-state index in [1.165, 1.54) is 16.4 Å². The molecule has 0 N–H and O–H groups in total. The third kappa shape index (κ3) is 7.10. The molecule has 3 rings (SSSR count). The maximum Gasteiger partial charge on any atom is 0.270 e. The van der Waals surface area contributed by atoms with Crippen LogP contribution in [0.25, 0.3) is 0 Å². The first-order chi connectivity index (χ1) is 16.5. The van der Waals surface area contributed by atoms with Crippen molar-refractivity contribution in [1.82, 2.24) is 9.29 Å². The van der Waals surface area contributed by atoms with Crippen LogP contribution in [-0.2, 0) is 24.3 Å². The summed E-state index contributed by atoms with van der Waals surface area (Å²) in [5.74, 6) is 0.745. The lowest BCUT2D eigenvalue weighted by Gasteiger charge is -2.35. The first-order valence-electron chi connectivity index (χ1n) is 10.6. The minimum absolute atomic E-state index is 0.0620. The van der Waals surface area contributed by atoms with E-state index in [2.05, 4.69) is 20.9 Å². The number of nitro groups is 1. The molecule has 0 spiro atoms. The Bertz CT molecular complexity index is 1240. The maximum atomic E-state index is 13.7. The fraction of sp³-hybridized carbons (Fsp3) is 0.450. The summed E-state index contributed by atoms with van der Waals surface area (Å²) >= 11 is 3.32. The van der Waals surface area contributed by atoms with Crippen LogP contribution in [-0.4, -0.2) is 88.5 Å². The average Bonchev–Trinajstić information content (AvgIpc) is 2.83. The van der Waals surface area contributed by atoms with Gasteiger partial charge in [0, 0.05) is 62.9 Å². The molecule has 1 fully saturated rings. The van der Waals surface area contributed by atoms with E-state index in [0.717, 1.165) is 18.1 Å². The van der Waals surface area contributed by atoms with Crippen LogP contribution >= 0.6 is 15.9 Å². The fourth-order valence-corrected chi connectivity index (χ4v) is 6.13. The summed E-state index contributed by atoms with van der Waals surface area (Å²) in [5, 5.41) is 11.9. The van der Waals surface area contributed by atoms with Gasteiger partial charge in [0.1, 0.15) is 10.7 Å². The van der Waals surface area contributed by atoms with Gasteiger partial charge in [-0.1, -0.05) is 22.0 Å². The van der Waals surface area contributed by atoms with E-state index in [1.807, 2.05) is 17.0 Å². The van der Waals surface area contributed by atoms with E-state index in [1.54, 1.807) is 17.2 Å². The minimum Gasteiger partial charge on any atom is -0.367 e. The Morgan fingerprint density at radius 2 is 1.83 bits per heavy atom. The van der Waals surface area contributed by atoms with Crippen LogP contribution in [0.4, 0.5) is 17.2 Å². The summed E-state index contributed by atoms with van der Waals surface area (Å²) < 4.78 is 56.2. The molecule has 0 radical (unpaired) electrons. The number of alkyl halides is 1. The van der Waals surface area contributed by atoms with Gasteiger partial charge >= 0.3 is 0 Å². The number of pyridine rings is 1. The van der Waals surface area contributed by atoms with Gasteiger partial charge in [-0.15, -0.1) is 0 Å². The SMILES string of the molecule is CS(=O)(=O)OCCN(CCBr)c1ccc([N+](=O)[O-])cc1S(=O)(=O)N1CCN(c2ccccn2)CC1. The minimum atomic E-state index is -4.11. The Kier molecular flexibility index (Phi) is 9.04. The summed E-state index contributed by atoms with van der Waals surface area (Å²) in [7, 11) is -7.79. The predicted molar refractivity (Wildman–Crippen MR) is 135 cm³/mol. The first kappa shape index (κ1) is 27.3. The van der Waals surface area contributed by atoms with Gasteiger partial charge in [-0.05, 0) is 18.2 Å². The number of piperazine rings is 1. The quantitative estimate of drug-likeness (QED) is 0.164. The number of aromatic nitrogens is 1. The molecule has 15 heteroatoms. The zero-order valence-electron chi connectivity index (χ0n) is 19.0. The van der Waals surface area contributed by atoms with Gasteiger partial charge in [0.05, 0.1) is 23.5 Å². The lowest BCUT2D eigenvalue weighted by molar-refractivity contribution is -0.385. The molecule has 1 aromatic carbocycles. The van der Waals surface area contributed by atoms with Gasteiger partial charge < -0.3 is 9.80 Å². The summed E-state index contributed by atoms with van der Waals surface area (Å²) in [4.78, 5) is 18.5. The Balaban J connectivity index is 1.90. The number of rotatable bonds is 11. The number of nitrogens with zero attached hydrogens (tertiary/aromatic N) is 5. The predicted octanol–water partition coefficient (Wildman–Crippen LogP) is 1.68. The topological polar surface area (TPSA) is 143 Å². The van der Waals surface area contributed by atoms with E-state index < -0.39 is 25.1 Å². The smallest absolute Gasteiger partial charge is 0.270 e. The second-order valence-electron chi connectivity index (χ2n) is 7.69. The van der Waals surface area contributed by atoms with Crippen LogP contribution in [0.1, 0.15) is 0 Å². The second-order valence-corrected chi connectivity index (χ2v) is 12.0. The van der Waals surface area contributed by atoms with E-state index in [0.29, 0.717) is 25.0 Å². The number of hydrogen-bond donors (Lipinski definition) is 0. The monoisotopic (exact) mass is 591 g/mol. The Morgan fingerprint density at radius 3 is 2.40 bits per heavy atom. The molecule has 0 aliphatic carbocycles. The van der Waals surface area contributed by atoms with Crippen LogP contribution in [0.5, 0.6) is 0 Å². The highest BCUT2D eigenvalue weighted by molar-refractivity contribution is 9.09. The molecule has 0 bridgehead atoms.